The summed E-state index contributed by atoms with van der Waals surface area (Å²) in [6.07, 6.45) is 1.40. The fraction of sp³-hybridized carbons (Fsp3) is 0.600. The van der Waals surface area contributed by atoms with Gasteiger partial charge >= 0.3 is 0 Å². The first kappa shape index (κ1) is 15.8. The summed E-state index contributed by atoms with van der Waals surface area (Å²) >= 11 is 3.33. The minimum absolute atomic E-state index is 0.0369. The maximum Gasteiger partial charge on any atom is 0.248 e. The van der Waals surface area contributed by atoms with Gasteiger partial charge in [0.25, 0.3) is 0 Å². The summed E-state index contributed by atoms with van der Waals surface area (Å²) in [5.74, 6) is -2.58. The second kappa shape index (κ2) is 6.48. The number of hydrogen-bond donors (Lipinski definition) is 1. The molecule has 0 bridgehead atoms. The fourth-order valence-electron chi connectivity index (χ4n) is 2.91. The van der Waals surface area contributed by atoms with E-state index in [9.17, 15) is 13.2 Å². The van der Waals surface area contributed by atoms with Crippen LogP contribution in [0.4, 0.5) is 13.2 Å². The van der Waals surface area contributed by atoms with Gasteiger partial charge in [-0.25, -0.2) is 13.2 Å². The molecule has 1 aliphatic carbocycles. The van der Waals surface area contributed by atoms with Crippen molar-refractivity contribution in [2.24, 2.45) is 5.92 Å². The second-order valence-electron chi connectivity index (χ2n) is 5.53. The van der Waals surface area contributed by atoms with Crippen molar-refractivity contribution >= 4 is 15.9 Å². The second-order valence-corrected chi connectivity index (χ2v) is 6.44. The standard InChI is InChI=1S/C15H19BrF3N/c1-20-14(10-4-6-15(18,19)7-5-10)9-11-8-12(16)2-3-13(11)17/h2-3,8,10,14,20H,4-7,9H2,1H3. The van der Waals surface area contributed by atoms with Crippen LogP contribution in [0.25, 0.3) is 0 Å². The molecule has 0 heterocycles. The molecule has 1 unspecified atom stereocenters. The average Bonchev–Trinajstić information content (AvgIpc) is 2.40. The SMILES string of the molecule is CNC(Cc1cc(Br)ccc1F)C1CCC(F)(F)CC1. The summed E-state index contributed by atoms with van der Waals surface area (Å²) in [5, 5.41) is 3.17. The highest BCUT2D eigenvalue weighted by Crippen LogP contribution is 2.38. The summed E-state index contributed by atoms with van der Waals surface area (Å²) in [6, 6.07) is 4.89. The molecule has 0 aromatic heterocycles. The van der Waals surface area contributed by atoms with Gasteiger partial charge in [-0.15, -0.1) is 0 Å². The van der Waals surface area contributed by atoms with Gasteiger partial charge in [-0.1, -0.05) is 15.9 Å². The molecule has 0 amide bonds. The minimum atomic E-state index is -2.52. The Kier molecular flexibility index (Phi) is 5.13. The summed E-state index contributed by atoms with van der Waals surface area (Å²) < 4.78 is 41.0. The van der Waals surface area contributed by atoms with Crippen LogP contribution in [-0.4, -0.2) is 19.0 Å². The maximum absolute atomic E-state index is 13.8. The molecule has 1 N–H and O–H groups in total. The number of alkyl halides is 2. The van der Waals surface area contributed by atoms with E-state index in [1.165, 1.54) is 6.07 Å². The van der Waals surface area contributed by atoms with Crippen molar-refractivity contribution in [3.63, 3.8) is 0 Å². The van der Waals surface area contributed by atoms with Crippen molar-refractivity contribution in [2.45, 2.75) is 44.1 Å². The minimum Gasteiger partial charge on any atom is -0.316 e. The number of rotatable bonds is 4. The molecule has 1 saturated carbocycles. The third-order valence-electron chi connectivity index (χ3n) is 4.15. The Morgan fingerprint density at radius 1 is 1.35 bits per heavy atom. The fourth-order valence-corrected chi connectivity index (χ4v) is 3.31. The third-order valence-corrected chi connectivity index (χ3v) is 4.64. The molecule has 1 aromatic carbocycles. The Morgan fingerprint density at radius 3 is 2.60 bits per heavy atom. The first-order valence-electron chi connectivity index (χ1n) is 6.90. The zero-order valence-electron chi connectivity index (χ0n) is 11.4. The molecule has 1 fully saturated rings. The van der Waals surface area contributed by atoms with E-state index in [1.807, 2.05) is 7.05 Å². The molecule has 112 valence electrons. The van der Waals surface area contributed by atoms with Crippen molar-refractivity contribution in [3.8, 4) is 0 Å². The Balaban J connectivity index is 2.04. The molecule has 2 rings (SSSR count). The van der Waals surface area contributed by atoms with Crippen LogP contribution < -0.4 is 5.32 Å². The van der Waals surface area contributed by atoms with Crippen molar-refractivity contribution < 1.29 is 13.2 Å². The van der Waals surface area contributed by atoms with Crippen molar-refractivity contribution in [1.82, 2.24) is 5.32 Å². The van der Waals surface area contributed by atoms with Crippen LogP contribution in [0.2, 0.25) is 0 Å². The highest BCUT2D eigenvalue weighted by molar-refractivity contribution is 9.10. The lowest BCUT2D eigenvalue weighted by molar-refractivity contribution is -0.0493. The Bertz CT molecular complexity index is 454. The molecule has 1 atom stereocenters. The molecule has 0 radical (unpaired) electrons. The van der Waals surface area contributed by atoms with Gasteiger partial charge in [-0.2, -0.15) is 0 Å². The highest BCUT2D eigenvalue weighted by atomic mass is 79.9. The molecule has 0 aliphatic heterocycles. The van der Waals surface area contributed by atoms with Crippen molar-refractivity contribution in [3.05, 3.63) is 34.1 Å². The van der Waals surface area contributed by atoms with Gasteiger partial charge in [-0.05, 0) is 56.0 Å². The maximum atomic E-state index is 13.8. The zero-order valence-corrected chi connectivity index (χ0v) is 13.0. The predicted molar refractivity (Wildman–Crippen MR) is 77.6 cm³/mol. The Hall–Kier alpha value is -0.550. The monoisotopic (exact) mass is 349 g/mol. The lowest BCUT2D eigenvalue weighted by atomic mass is 9.80. The van der Waals surface area contributed by atoms with Gasteiger partial charge in [0.15, 0.2) is 0 Å². The number of nitrogens with one attached hydrogen (secondary N) is 1. The van der Waals surface area contributed by atoms with Gasteiger partial charge in [-0.3, -0.25) is 0 Å². The Labute approximate surface area is 126 Å². The van der Waals surface area contributed by atoms with Crippen LogP contribution in [0, 0.1) is 11.7 Å². The van der Waals surface area contributed by atoms with Crippen molar-refractivity contribution in [1.29, 1.82) is 0 Å². The number of hydrogen-bond acceptors (Lipinski definition) is 1. The molecule has 1 aliphatic rings. The highest BCUT2D eigenvalue weighted by Gasteiger charge is 2.37. The normalized spacial score (nSPS) is 20.9. The molecule has 1 aromatic rings. The average molecular weight is 350 g/mol. The van der Waals surface area contributed by atoms with Crippen LogP contribution in [0.3, 0.4) is 0 Å². The van der Waals surface area contributed by atoms with E-state index in [-0.39, 0.29) is 30.6 Å². The predicted octanol–water partition coefficient (Wildman–Crippen LogP) is 4.54. The lowest BCUT2D eigenvalue weighted by Crippen LogP contribution is -2.39. The lowest BCUT2D eigenvalue weighted by Gasteiger charge is -2.33. The largest absolute Gasteiger partial charge is 0.316 e. The molecular formula is C15H19BrF3N. The van der Waals surface area contributed by atoms with E-state index in [0.717, 1.165) is 4.47 Å². The molecule has 20 heavy (non-hydrogen) atoms. The third kappa shape index (κ3) is 3.98. The number of likely N-dealkylation sites (N-methyl/N-ethyl adjacent to an activating group) is 1. The van der Waals surface area contributed by atoms with Crippen LogP contribution in [0.15, 0.2) is 22.7 Å². The number of halogens is 4. The van der Waals surface area contributed by atoms with Gasteiger partial charge in [0, 0.05) is 23.4 Å². The quantitative estimate of drug-likeness (QED) is 0.841. The molecular weight excluding hydrogens is 331 g/mol. The van der Waals surface area contributed by atoms with Crippen LogP contribution in [-0.2, 0) is 6.42 Å². The van der Waals surface area contributed by atoms with Gasteiger partial charge < -0.3 is 5.32 Å². The first-order valence-corrected chi connectivity index (χ1v) is 7.69. The molecule has 5 heteroatoms. The van der Waals surface area contributed by atoms with E-state index in [4.69, 9.17) is 0 Å². The van der Waals surface area contributed by atoms with Gasteiger partial charge in [0.2, 0.25) is 5.92 Å². The molecule has 1 nitrogen and oxygen atoms in total. The summed E-state index contributed by atoms with van der Waals surface area (Å²) in [5.41, 5.74) is 0.621. The van der Waals surface area contributed by atoms with E-state index < -0.39 is 5.92 Å². The van der Waals surface area contributed by atoms with Gasteiger partial charge in [0.1, 0.15) is 5.82 Å². The molecule has 0 saturated heterocycles. The topological polar surface area (TPSA) is 12.0 Å². The summed E-state index contributed by atoms with van der Waals surface area (Å²) in [4.78, 5) is 0. The first-order chi connectivity index (χ1) is 9.41. The van der Waals surface area contributed by atoms with E-state index in [1.54, 1.807) is 12.1 Å². The smallest absolute Gasteiger partial charge is 0.248 e. The van der Waals surface area contributed by atoms with E-state index in [2.05, 4.69) is 21.2 Å². The van der Waals surface area contributed by atoms with Crippen LogP contribution in [0.1, 0.15) is 31.2 Å². The van der Waals surface area contributed by atoms with Crippen LogP contribution in [0.5, 0.6) is 0 Å². The molecule has 0 spiro atoms. The Morgan fingerprint density at radius 2 is 2.00 bits per heavy atom. The zero-order chi connectivity index (χ0) is 14.8. The van der Waals surface area contributed by atoms with Crippen LogP contribution >= 0.6 is 15.9 Å². The number of benzene rings is 1. The van der Waals surface area contributed by atoms with E-state index in [0.29, 0.717) is 24.8 Å². The van der Waals surface area contributed by atoms with Gasteiger partial charge in [0.05, 0.1) is 0 Å². The van der Waals surface area contributed by atoms with E-state index >= 15 is 0 Å². The summed E-state index contributed by atoms with van der Waals surface area (Å²) in [6.45, 7) is 0. The summed E-state index contributed by atoms with van der Waals surface area (Å²) in [7, 11) is 1.81. The van der Waals surface area contributed by atoms with Crippen molar-refractivity contribution in [2.75, 3.05) is 7.05 Å².